The molecular formula is C25H29FN4OS. The van der Waals surface area contributed by atoms with Crippen LogP contribution in [0.5, 0.6) is 0 Å². The average Bonchev–Trinajstić information content (AvgIpc) is 3.36. The third kappa shape index (κ3) is 5.73. The minimum Gasteiger partial charge on any atom is -0.369 e. The van der Waals surface area contributed by atoms with Crippen molar-refractivity contribution in [3.8, 4) is 0 Å². The Morgan fingerprint density at radius 1 is 1.03 bits per heavy atom. The summed E-state index contributed by atoms with van der Waals surface area (Å²) in [6.07, 6.45) is 0. The Morgan fingerprint density at radius 2 is 1.75 bits per heavy atom. The molecule has 0 unspecified atom stereocenters. The molecule has 5 nitrogen and oxygen atoms in total. The normalized spacial score (nSPS) is 15.5. The van der Waals surface area contributed by atoms with Gasteiger partial charge in [0.2, 0.25) is 5.91 Å². The summed E-state index contributed by atoms with van der Waals surface area (Å²) < 4.78 is 13.3. The second-order valence-corrected chi connectivity index (χ2v) is 8.88. The van der Waals surface area contributed by atoms with Gasteiger partial charge in [-0.25, -0.2) is 4.39 Å². The number of benzene rings is 2. The topological polar surface area (TPSA) is 47.6 Å². The first-order valence-corrected chi connectivity index (χ1v) is 11.9. The summed E-state index contributed by atoms with van der Waals surface area (Å²) in [5, 5.41) is 8.28. The van der Waals surface area contributed by atoms with Crippen LogP contribution in [0.15, 0.2) is 66.0 Å². The summed E-state index contributed by atoms with van der Waals surface area (Å²) >= 11 is 1.61. The molecule has 0 saturated carbocycles. The molecule has 1 atom stereocenters. The predicted molar refractivity (Wildman–Crippen MR) is 130 cm³/mol. The Morgan fingerprint density at radius 3 is 2.38 bits per heavy atom. The number of halogens is 1. The number of piperazine rings is 1. The monoisotopic (exact) mass is 452 g/mol. The van der Waals surface area contributed by atoms with Crippen LogP contribution in [0.2, 0.25) is 0 Å². The fourth-order valence-corrected chi connectivity index (χ4v) is 4.80. The summed E-state index contributed by atoms with van der Waals surface area (Å²) in [6.45, 7) is 7.67. The lowest BCUT2D eigenvalue weighted by Gasteiger charge is -2.35. The molecule has 168 valence electrons. The van der Waals surface area contributed by atoms with Gasteiger partial charge in [-0.15, -0.1) is 11.3 Å². The first-order valence-electron chi connectivity index (χ1n) is 11.0. The van der Waals surface area contributed by atoms with E-state index in [1.54, 1.807) is 23.5 Å². The molecule has 2 heterocycles. The van der Waals surface area contributed by atoms with Crippen molar-refractivity contribution in [2.45, 2.75) is 13.0 Å². The highest BCUT2D eigenvalue weighted by Gasteiger charge is 2.17. The van der Waals surface area contributed by atoms with Crippen LogP contribution in [0.3, 0.4) is 0 Å². The summed E-state index contributed by atoms with van der Waals surface area (Å²) in [5.74, 6) is -0.384. The van der Waals surface area contributed by atoms with E-state index < -0.39 is 0 Å². The highest BCUT2D eigenvalue weighted by Crippen LogP contribution is 2.26. The Hall–Kier alpha value is -2.74. The van der Waals surface area contributed by atoms with E-state index in [1.807, 2.05) is 29.6 Å². The number of nitrogens with one attached hydrogen (secondary N) is 2. The van der Waals surface area contributed by atoms with Crippen LogP contribution in [0.25, 0.3) is 0 Å². The van der Waals surface area contributed by atoms with E-state index in [4.69, 9.17) is 0 Å². The zero-order valence-electron chi connectivity index (χ0n) is 18.3. The Bertz CT molecular complexity index is 984. The van der Waals surface area contributed by atoms with Gasteiger partial charge in [0.05, 0.1) is 12.6 Å². The molecule has 1 aromatic heterocycles. The highest BCUT2D eigenvalue weighted by atomic mass is 32.1. The van der Waals surface area contributed by atoms with Crippen LogP contribution in [0.4, 0.5) is 15.8 Å². The first kappa shape index (κ1) is 22.5. The smallest absolute Gasteiger partial charge is 0.238 e. The number of carbonyl (C=O) groups is 1. The molecule has 0 bridgehead atoms. The van der Waals surface area contributed by atoms with E-state index in [-0.39, 0.29) is 24.3 Å². The van der Waals surface area contributed by atoms with Crippen LogP contribution < -0.4 is 15.5 Å². The molecule has 2 N–H and O–H groups in total. The average molecular weight is 453 g/mol. The van der Waals surface area contributed by atoms with E-state index in [1.165, 1.54) is 17.8 Å². The van der Waals surface area contributed by atoms with Crippen molar-refractivity contribution >= 4 is 28.6 Å². The van der Waals surface area contributed by atoms with Crippen LogP contribution in [-0.4, -0.2) is 50.1 Å². The standard InChI is InChI=1S/C25H29FN4OS/c1-2-29-13-15-30(16-14-29)22-11-9-21(10-12-22)28-24(31)18-27-25(23-4-3-17-32-23)19-5-7-20(26)8-6-19/h3-12,17,25,27H,2,13-16,18H2,1H3,(H,28,31)/t25-/m1/s1. The molecule has 1 amide bonds. The third-order valence-corrected chi connectivity index (χ3v) is 6.77. The number of anilines is 2. The second-order valence-electron chi connectivity index (χ2n) is 7.90. The molecule has 1 saturated heterocycles. The predicted octanol–water partition coefficient (Wildman–Crippen LogP) is 4.35. The maximum absolute atomic E-state index is 13.3. The van der Waals surface area contributed by atoms with Gasteiger partial charge in [-0.2, -0.15) is 0 Å². The van der Waals surface area contributed by atoms with Gasteiger partial charge in [0.15, 0.2) is 0 Å². The minimum absolute atomic E-state index is 0.113. The minimum atomic E-state index is -0.271. The van der Waals surface area contributed by atoms with Crippen molar-refractivity contribution < 1.29 is 9.18 Å². The van der Waals surface area contributed by atoms with Crippen LogP contribution in [0, 0.1) is 5.82 Å². The van der Waals surface area contributed by atoms with E-state index in [0.29, 0.717) is 0 Å². The molecule has 7 heteroatoms. The lowest BCUT2D eigenvalue weighted by atomic mass is 10.1. The van der Waals surface area contributed by atoms with Gasteiger partial charge in [-0.3, -0.25) is 10.1 Å². The molecule has 1 fully saturated rings. The van der Waals surface area contributed by atoms with E-state index in [2.05, 4.69) is 39.5 Å². The number of thiophene rings is 1. The van der Waals surface area contributed by atoms with Crippen molar-refractivity contribution in [1.82, 2.24) is 10.2 Å². The van der Waals surface area contributed by atoms with E-state index in [9.17, 15) is 9.18 Å². The molecule has 32 heavy (non-hydrogen) atoms. The van der Waals surface area contributed by atoms with Gasteiger partial charge in [0, 0.05) is 42.4 Å². The molecule has 0 radical (unpaired) electrons. The molecule has 3 aromatic rings. The van der Waals surface area contributed by atoms with Gasteiger partial charge in [-0.05, 0) is 60.0 Å². The van der Waals surface area contributed by atoms with E-state index >= 15 is 0 Å². The first-order chi connectivity index (χ1) is 15.6. The summed E-state index contributed by atoms with van der Waals surface area (Å²) in [6, 6.07) is 18.3. The summed E-state index contributed by atoms with van der Waals surface area (Å²) in [4.78, 5) is 18.5. The quantitative estimate of drug-likeness (QED) is 0.534. The lowest BCUT2D eigenvalue weighted by Crippen LogP contribution is -2.46. The van der Waals surface area contributed by atoms with Crippen molar-refractivity contribution in [1.29, 1.82) is 0 Å². The number of hydrogen-bond donors (Lipinski definition) is 2. The van der Waals surface area contributed by atoms with Crippen LogP contribution >= 0.6 is 11.3 Å². The Labute approximate surface area is 192 Å². The Balaban J connectivity index is 1.33. The van der Waals surface area contributed by atoms with E-state index in [0.717, 1.165) is 48.9 Å². The fraction of sp³-hybridized carbons (Fsp3) is 0.320. The number of carbonyl (C=O) groups excluding carboxylic acids is 1. The maximum atomic E-state index is 13.3. The SMILES string of the molecule is CCN1CCN(c2ccc(NC(=O)CN[C@H](c3ccc(F)cc3)c3cccs3)cc2)CC1. The van der Waals surface area contributed by atoms with Crippen molar-refractivity contribution in [3.63, 3.8) is 0 Å². The van der Waals surface area contributed by atoms with Gasteiger partial charge < -0.3 is 15.1 Å². The second kappa shape index (κ2) is 10.7. The van der Waals surface area contributed by atoms with Crippen molar-refractivity contribution in [2.75, 3.05) is 49.5 Å². The molecule has 1 aliphatic rings. The number of nitrogens with zero attached hydrogens (tertiary/aromatic N) is 2. The molecule has 2 aromatic carbocycles. The summed E-state index contributed by atoms with van der Waals surface area (Å²) in [7, 11) is 0. The van der Waals surface area contributed by atoms with Gasteiger partial charge in [0.1, 0.15) is 5.82 Å². The lowest BCUT2D eigenvalue weighted by molar-refractivity contribution is -0.115. The molecular weight excluding hydrogens is 423 g/mol. The number of hydrogen-bond acceptors (Lipinski definition) is 5. The number of rotatable bonds is 8. The van der Waals surface area contributed by atoms with Gasteiger partial charge >= 0.3 is 0 Å². The zero-order chi connectivity index (χ0) is 22.3. The zero-order valence-corrected chi connectivity index (χ0v) is 19.1. The van der Waals surface area contributed by atoms with Gasteiger partial charge in [-0.1, -0.05) is 25.1 Å². The molecule has 4 rings (SSSR count). The largest absolute Gasteiger partial charge is 0.369 e. The molecule has 1 aliphatic heterocycles. The number of amides is 1. The van der Waals surface area contributed by atoms with Crippen LogP contribution in [-0.2, 0) is 4.79 Å². The summed E-state index contributed by atoms with van der Waals surface area (Å²) in [5.41, 5.74) is 2.89. The third-order valence-electron chi connectivity index (χ3n) is 5.83. The highest BCUT2D eigenvalue weighted by molar-refractivity contribution is 7.10. The fourth-order valence-electron chi connectivity index (χ4n) is 3.97. The maximum Gasteiger partial charge on any atom is 0.238 e. The van der Waals surface area contributed by atoms with Crippen molar-refractivity contribution in [3.05, 3.63) is 82.3 Å². The van der Waals surface area contributed by atoms with Crippen LogP contribution in [0.1, 0.15) is 23.4 Å². The van der Waals surface area contributed by atoms with Gasteiger partial charge in [0.25, 0.3) is 0 Å². The van der Waals surface area contributed by atoms with Crippen molar-refractivity contribution in [2.24, 2.45) is 0 Å². The molecule has 0 spiro atoms. The number of likely N-dealkylation sites (N-methyl/N-ethyl adjacent to an activating group) is 1. The Kier molecular flexibility index (Phi) is 7.52. The molecule has 0 aliphatic carbocycles.